The van der Waals surface area contributed by atoms with E-state index in [1.54, 1.807) is 13.3 Å². The second-order valence-electron chi connectivity index (χ2n) is 7.80. The molecule has 0 spiro atoms. The van der Waals surface area contributed by atoms with Crippen LogP contribution in [0, 0.1) is 6.92 Å². The first-order valence-electron chi connectivity index (χ1n) is 11.4. The van der Waals surface area contributed by atoms with Gasteiger partial charge in [-0.05, 0) is 71.2 Å². The van der Waals surface area contributed by atoms with Crippen molar-refractivity contribution < 1.29 is 14.2 Å². The molecule has 12 heteroatoms. The molecule has 0 saturated carbocycles. The number of halogens is 2. The van der Waals surface area contributed by atoms with Crippen LogP contribution < -0.4 is 25.1 Å². The summed E-state index contributed by atoms with van der Waals surface area (Å²) in [4.78, 5) is 15.7. The van der Waals surface area contributed by atoms with Crippen molar-refractivity contribution >= 4 is 57.3 Å². The molecule has 0 bridgehead atoms. The number of rotatable bonds is 9. The van der Waals surface area contributed by atoms with Crippen LogP contribution in [0.5, 0.6) is 11.5 Å². The molecule has 10 nitrogen and oxygen atoms in total. The van der Waals surface area contributed by atoms with Gasteiger partial charge in [-0.15, -0.1) is 0 Å². The van der Waals surface area contributed by atoms with Gasteiger partial charge in [0.15, 0.2) is 11.5 Å². The molecule has 1 aromatic heterocycles. The summed E-state index contributed by atoms with van der Waals surface area (Å²) >= 11 is 9.90. The van der Waals surface area contributed by atoms with E-state index in [4.69, 9.17) is 25.8 Å². The molecule has 1 saturated heterocycles. The molecule has 0 unspecified atom stereocenters. The smallest absolute Gasteiger partial charge is 0.250 e. The van der Waals surface area contributed by atoms with Gasteiger partial charge < -0.3 is 24.4 Å². The van der Waals surface area contributed by atoms with Gasteiger partial charge in [-0.25, -0.2) is 5.43 Å². The molecule has 190 valence electrons. The van der Waals surface area contributed by atoms with Crippen molar-refractivity contribution in [2.75, 3.05) is 55.7 Å². The van der Waals surface area contributed by atoms with Gasteiger partial charge in [0.2, 0.25) is 17.8 Å². The summed E-state index contributed by atoms with van der Waals surface area (Å²) in [5.41, 5.74) is 5.43. The maximum absolute atomic E-state index is 6.33. The maximum Gasteiger partial charge on any atom is 0.250 e. The van der Waals surface area contributed by atoms with Gasteiger partial charge in [-0.3, -0.25) is 0 Å². The number of benzene rings is 2. The topological polar surface area (TPSA) is 106 Å². The Morgan fingerprint density at radius 2 is 1.92 bits per heavy atom. The molecule has 2 aromatic carbocycles. The molecule has 4 rings (SSSR count). The molecule has 1 fully saturated rings. The molecule has 1 aliphatic heterocycles. The van der Waals surface area contributed by atoms with Crippen molar-refractivity contribution in [1.82, 2.24) is 15.0 Å². The molecule has 0 atom stereocenters. The van der Waals surface area contributed by atoms with Crippen LogP contribution in [-0.2, 0) is 4.74 Å². The highest BCUT2D eigenvalue weighted by molar-refractivity contribution is 9.10. The first kappa shape index (κ1) is 25.9. The molecule has 1 aliphatic rings. The monoisotopic (exact) mass is 575 g/mol. The zero-order valence-corrected chi connectivity index (χ0v) is 22.6. The van der Waals surface area contributed by atoms with Crippen LogP contribution in [0.4, 0.5) is 23.5 Å². The van der Waals surface area contributed by atoms with Gasteiger partial charge in [0.25, 0.3) is 0 Å². The van der Waals surface area contributed by atoms with Crippen LogP contribution in [0.15, 0.2) is 39.9 Å². The minimum Gasteiger partial charge on any atom is -0.493 e. The second kappa shape index (κ2) is 12.2. The molecule has 0 amide bonds. The van der Waals surface area contributed by atoms with Gasteiger partial charge in [-0.2, -0.15) is 20.1 Å². The molecule has 2 N–H and O–H groups in total. The van der Waals surface area contributed by atoms with Gasteiger partial charge in [0, 0.05) is 22.6 Å². The third kappa shape index (κ3) is 6.54. The average Bonchev–Trinajstić information content (AvgIpc) is 2.88. The summed E-state index contributed by atoms with van der Waals surface area (Å²) in [5, 5.41) is 8.18. The zero-order chi connectivity index (χ0) is 25.5. The Morgan fingerprint density at radius 3 is 2.67 bits per heavy atom. The molecule has 0 aliphatic carbocycles. The van der Waals surface area contributed by atoms with Crippen molar-refractivity contribution in [3.63, 3.8) is 0 Å². The average molecular weight is 577 g/mol. The van der Waals surface area contributed by atoms with Crippen LogP contribution >= 0.6 is 27.5 Å². The Hall–Kier alpha value is -3.15. The summed E-state index contributed by atoms with van der Waals surface area (Å²) in [6.07, 6.45) is 1.65. The van der Waals surface area contributed by atoms with Crippen LogP contribution in [-0.4, -0.2) is 61.2 Å². The van der Waals surface area contributed by atoms with E-state index >= 15 is 0 Å². The number of ether oxygens (including phenoxy) is 3. The predicted octanol–water partition coefficient (Wildman–Crippen LogP) is 5.03. The number of methoxy groups -OCH3 is 1. The van der Waals surface area contributed by atoms with E-state index in [2.05, 4.69) is 46.7 Å². The number of hydrogen-bond acceptors (Lipinski definition) is 10. The fourth-order valence-corrected chi connectivity index (χ4v) is 4.16. The summed E-state index contributed by atoms with van der Waals surface area (Å²) in [5.74, 6) is 2.47. The third-order valence-corrected chi connectivity index (χ3v) is 6.34. The molecule has 3 aromatic rings. The fraction of sp³-hybridized carbons (Fsp3) is 0.333. The second-order valence-corrected chi connectivity index (χ2v) is 9.06. The van der Waals surface area contributed by atoms with Crippen molar-refractivity contribution in [2.45, 2.75) is 13.8 Å². The highest BCUT2D eigenvalue weighted by Crippen LogP contribution is 2.31. The van der Waals surface area contributed by atoms with E-state index in [1.807, 2.05) is 49.1 Å². The highest BCUT2D eigenvalue weighted by atomic mass is 79.9. The van der Waals surface area contributed by atoms with E-state index in [9.17, 15) is 0 Å². The molecular weight excluding hydrogens is 550 g/mol. The van der Waals surface area contributed by atoms with Crippen LogP contribution in [0.3, 0.4) is 0 Å². The Balaban J connectivity index is 1.58. The molecule has 0 radical (unpaired) electrons. The first-order valence-corrected chi connectivity index (χ1v) is 12.5. The number of anilines is 4. The summed E-state index contributed by atoms with van der Waals surface area (Å²) < 4.78 is 17.3. The van der Waals surface area contributed by atoms with E-state index in [0.717, 1.165) is 21.3 Å². The number of hydrogen-bond donors (Lipinski definition) is 2. The van der Waals surface area contributed by atoms with E-state index in [1.165, 1.54) is 0 Å². The zero-order valence-electron chi connectivity index (χ0n) is 20.2. The summed E-state index contributed by atoms with van der Waals surface area (Å²) in [7, 11) is 1.60. The Labute approximate surface area is 223 Å². The number of nitrogens with zero attached hydrogens (tertiary/aromatic N) is 5. The number of hydrazone groups is 1. The highest BCUT2D eigenvalue weighted by Gasteiger charge is 2.17. The van der Waals surface area contributed by atoms with Crippen LogP contribution in [0.1, 0.15) is 18.1 Å². The minimum atomic E-state index is 0.289. The molecule has 36 heavy (non-hydrogen) atoms. The maximum atomic E-state index is 6.33. The molecule has 2 heterocycles. The first-order chi connectivity index (χ1) is 17.5. The standard InChI is InChI=1S/C24H27BrClN7O3/c1-4-36-20-6-5-16(12-21(20)34-3)14-27-32-23-29-22(28-19-13-18(26)15(2)11-17(19)25)30-24(31-23)33-7-9-35-10-8-33/h5-6,11-14H,4,7-10H2,1-3H3,(H2,28,29,30,31,32)/b27-14+. The lowest BCUT2D eigenvalue weighted by molar-refractivity contribution is 0.122. The third-order valence-electron chi connectivity index (χ3n) is 5.28. The summed E-state index contributed by atoms with van der Waals surface area (Å²) in [6, 6.07) is 9.33. The van der Waals surface area contributed by atoms with Crippen molar-refractivity contribution in [2.24, 2.45) is 5.10 Å². The Morgan fingerprint density at radius 1 is 1.14 bits per heavy atom. The van der Waals surface area contributed by atoms with Gasteiger partial charge in [0.1, 0.15) is 0 Å². The lowest BCUT2D eigenvalue weighted by Crippen LogP contribution is -2.37. The number of nitrogens with one attached hydrogen (secondary N) is 2. The summed E-state index contributed by atoms with van der Waals surface area (Å²) in [6.45, 7) is 6.99. The minimum absolute atomic E-state index is 0.289. The predicted molar refractivity (Wildman–Crippen MR) is 145 cm³/mol. The van der Waals surface area contributed by atoms with E-state index < -0.39 is 0 Å². The molecular formula is C24H27BrClN7O3. The quantitative estimate of drug-likeness (QED) is 0.268. The number of aromatic nitrogens is 3. The van der Waals surface area contributed by atoms with Crippen molar-refractivity contribution in [1.29, 1.82) is 0 Å². The van der Waals surface area contributed by atoms with E-state index in [0.29, 0.717) is 61.3 Å². The Kier molecular flexibility index (Phi) is 8.79. The fourth-order valence-electron chi connectivity index (χ4n) is 3.44. The van der Waals surface area contributed by atoms with Gasteiger partial charge in [-0.1, -0.05) is 11.6 Å². The lowest BCUT2D eigenvalue weighted by Gasteiger charge is -2.27. The van der Waals surface area contributed by atoms with Gasteiger partial charge in [0.05, 0.1) is 38.8 Å². The van der Waals surface area contributed by atoms with Crippen molar-refractivity contribution in [3.05, 3.63) is 51.0 Å². The van der Waals surface area contributed by atoms with Crippen molar-refractivity contribution in [3.8, 4) is 11.5 Å². The van der Waals surface area contributed by atoms with Crippen LogP contribution in [0.25, 0.3) is 0 Å². The lowest BCUT2D eigenvalue weighted by atomic mass is 10.2. The van der Waals surface area contributed by atoms with E-state index in [-0.39, 0.29) is 5.95 Å². The number of aryl methyl sites for hydroxylation is 1. The largest absolute Gasteiger partial charge is 0.493 e. The van der Waals surface area contributed by atoms with Crippen LogP contribution in [0.2, 0.25) is 5.02 Å². The Bertz CT molecular complexity index is 1240. The SMILES string of the molecule is CCOc1ccc(/C=N/Nc2nc(Nc3cc(Cl)c(C)cc3Br)nc(N3CCOCC3)n2)cc1OC. The normalized spacial score (nSPS) is 13.6. The number of morpholine rings is 1. The van der Waals surface area contributed by atoms with Gasteiger partial charge >= 0.3 is 0 Å².